The molecule has 0 saturated heterocycles. The molecule has 2 aromatic carbocycles. The maximum Gasteiger partial charge on any atom is 0.0518 e. The van der Waals surface area contributed by atoms with Gasteiger partial charge in [-0.15, -0.1) is 11.3 Å². The standard InChI is InChI=1S/C18H19NOS/c1-19-18(17-7-4-10-21-17)16(12-20)15-9-8-13-5-2-3-6-14(13)11-15/h2-11,16,18-20H,12H2,1H3. The average Bonchev–Trinajstić information content (AvgIpc) is 3.06. The highest BCUT2D eigenvalue weighted by Gasteiger charge is 2.23. The second kappa shape index (κ2) is 6.39. The molecule has 0 spiro atoms. The molecule has 0 aliphatic rings. The molecule has 3 heteroatoms. The van der Waals surface area contributed by atoms with Gasteiger partial charge < -0.3 is 10.4 Å². The van der Waals surface area contributed by atoms with E-state index in [1.165, 1.54) is 21.2 Å². The van der Waals surface area contributed by atoms with Crippen molar-refractivity contribution in [1.29, 1.82) is 0 Å². The Bertz CT molecular complexity index is 708. The van der Waals surface area contributed by atoms with Crippen molar-refractivity contribution in [3.8, 4) is 0 Å². The van der Waals surface area contributed by atoms with Gasteiger partial charge in [-0.3, -0.25) is 0 Å². The molecule has 0 aliphatic carbocycles. The Kier molecular flexibility index (Phi) is 4.34. The first kappa shape index (κ1) is 14.3. The molecule has 2 nitrogen and oxygen atoms in total. The minimum atomic E-state index is 0.0539. The van der Waals surface area contributed by atoms with Crippen molar-refractivity contribution in [3.63, 3.8) is 0 Å². The Morgan fingerprint density at radius 1 is 1.05 bits per heavy atom. The number of likely N-dealkylation sites (N-methyl/N-ethyl adjacent to an activating group) is 1. The van der Waals surface area contributed by atoms with Gasteiger partial charge in [-0.2, -0.15) is 0 Å². The number of aliphatic hydroxyl groups is 1. The van der Waals surface area contributed by atoms with Crippen LogP contribution >= 0.6 is 11.3 Å². The highest BCUT2D eigenvalue weighted by molar-refractivity contribution is 7.10. The summed E-state index contributed by atoms with van der Waals surface area (Å²) in [5.74, 6) is 0.0539. The quantitative estimate of drug-likeness (QED) is 0.747. The number of aliphatic hydroxyl groups excluding tert-OH is 1. The SMILES string of the molecule is CNC(c1cccs1)C(CO)c1ccc2ccccc2c1. The van der Waals surface area contributed by atoms with Gasteiger partial charge in [0, 0.05) is 10.8 Å². The summed E-state index contributed by atoms with van der Waals surface area (Å²) >= 11 is 1.72. The van der Waals surface area contributed by atoms with E-state index in [1.54, 1.807) is 11.3 Å². The Morgan fingerprint density at radius 2 is 1.86 bits per heavy atom. The average molecular weight is 297 g/mol. The van der Waals surface area contributed by atoms with Crippen LogP contribution in [0.5, 0.6) is 0 Å². The lowest BCUT2D eigenvalue weighted by Crippen LogP contribution is -2.25. The summed E-state index contributed by atoms with van der Waals surface area (Å²) in [6.07, 6.45) is 0. The summed E-state index contributed by atoms with van der Waals surface area (Å²) in [5, 5.41) is 17.8. The first-order valence-electron chi connectivity index (χ1n) is 7.13. The molecule has 2 N–H and O–H groups in total. The third kappa shape index (κ3) is 2.86. The monoisotopic (exact) mass is 297 g/mol. The van der Waals surface area contributed by atoms with E-state index in [9.17, 15) is 5.11 Å². The van der Waals surface area contributed by atoms with Gasteiger partial charge in [0.05, 0.1) is 12.6 Å². The molecule has 0 radical (unpaired) electrons. The molecule has 2 unspecified atom stereocenters. The van der Waals surface area contributed by atoms with Crippen molar-refractivity contribution in [1.82, 2.24) is 5.32 Å². The molecule has 108 valence electrons. The molecule has 0 fully saturated rings. The third-order valence-corrected chi connectivity index (χ3v) is 4.92. The van der Waals surface area contributed by atoms with E-state index in [-0.39, 0.29) is 18.6 Å². The van der Waals surface area contributed by atoms with Gasteiger partial charge in [0.1, 0.15) is 0 Å². The fourth-order valence-electron chi connectivity index (χ4n) is 2.85. The van der Waals surface area contributed by atoms with Crippen molar-refractivity contribution < 1.29 is 5.11 Å². The van der Waals surface area contributed by atoms with E-state index in [1.807, 2.05) is 13.1 Å². The summed E-state index contributed by atoms with van der Waals surface area (Å²) in [4.78, 5) is 1.25. The zero-order valence-corrected chi connectivity index (χ0v) is 12.8. The number of fused-ring (bicyclic) bond motifs is 1. The lowest BCUT2D eigenvalue weighted by Gasteiger charge is -2.25. The molecular formula is C18H19NOS. The van der Waals surface area contributed by atoms with Crippen LogP contribution in [-0.2, 0) is 0 Å². The number of nitrogens with one attached hydrogen (secondary N) is 1. The van der Waals surface area contributed by atoms with Crippen molar-refractivity contribution in [3.05, 3.63) is 70.4 Å². The van der Waals surface area contributed by atoms with Crippen LogP contribution in [0.25, 0.3) is 10.8 Å². The predicted molar refractivity (Wildman–Crippen MR) is 89.9 cm³/mol. The van der Waals surface area contributed by atoms with Crippen LogP contribution in [-0.4, -0.2) is 18.8 Å². The molecule has 0 saturated carbocycles. The molecule has 0 amide bonds. The van der Waals surface area contributed by atoms with E-state index in [2.05, 4.69) is 59.2 Å². The molecule has 0 aliphatic heterocycles. The first-order valence-corrected chi connectivity index (χ1v) is 8.01. The Hall–Kier alpha value is -1.68. The van der Waals surface area contributed by atoms with E-state index >= 15 is 0 Å². The predicted octanol–water partition coefficient (Wildman–Crippen LogP) is 3.94. The van der Waals surface area contributed by atoms with Crippen LogP contribution in [0.15, 0.2) is 60.0 Å². The Labute approximate surface area is 129 Å². The minimum Gasteiger partial charge on any atom is -0.396 e. The second-order valence-electron chi connectivity index (χ2n) is 5.18. The first-order chi connectivity index (χ1) is 10.3. The summed E-state index contributed by atoms with van der Waals surface area (Å²) in [5.41, 5.74) is 1.17. The van der Waals surface area contributed by atoms with E-state index in [0.717, 1.165) is 0 Å². The van der Waals surface area contributed by atoms with Gasteiger partial charge in [0.15, 0.2) is 0 Å². The molecule has 1 aromatic heterocycles. The van der Waals surface area contributed by atoms with Gasteiger partial charge in [-0.05, 0) is 34.8 Å². The van der Waals surface area contributed by atoms with Crippen LogP contribution < -0.4 is 5.32 Å². The number of hydrogen-bond donors (Lipinski definition) is 2. The highest BCUT2D eigenvalue weighted by atomic mass is 32.1. The van der Waals surface area contributed by atoms with Gasteiger partial charge in [0.2, 0.25) is 0 Å². The minimum absolute atomic E-state index is 0.0539. The van der Waals surface area contributed by atoms with Crippen LogP contribution in [0, 0.1) is 0 Å². The topological polar surface area (TPSA) is 32.3 Å². The second-order valence-corrected chi connectivity index (χ2v) is 6.16. The normalized spacial score (nSPS) is 14.2. The molecule has 21 heavy (non-hydrogen) atoms. The van der Waals surface area contributed by atoms with Crippen molar-refractivity contribution in [2.45, 2.75) is 12.0 Å². The number of hydrogen-bond acceptors (Lipinski definition) is 3. The van der Waals surface area contributed by atoms with E-state index in [0.29, 0.717) is 0 Å². The van der Waals surface area contributed by atoms with E-state index in [4.69, 9.17) is 0 Å². The van der Waals surface area contributed by atoms with Crippen molar-refractivity contribution in [2.24, 2.45) is 0 Å². The van der Waals surface area contributed by atoms with Gasteiger partial charge in [-0.25, -0.2) is 0 Å². The Balaban J connectivity index is 2.00. The number of rotatable bonds is 5. The van der Waals surface area contributed by atoms with E-state index < -0.39 is 0 Å². The molecule has 1 heterocycles. The molecule has 2 atom stereocenters. The molecular weight excluding hydrogens is 278 g/mol. The smallest absolute Gasteiger partial charge is 0.0518 e. The number of thiophene rings is 1. The van der Waals surface area contributed by atoms with Gasteiger partial charge >= 0.3 is 0 Å². The fraction of sp³-hybridized carbons (Fsp3) is 0.222. The third-order valence-electron chi connectivity index (χ3n) is 3.96. The van der Waals surface area contributed by atoms with Crippen LogP contribution in [0.3, 0.4) is 0 Å². The van der Waals surface area contributed by atoms with Crippen LogP contribution in [0.1, 0.15) is 22.4 Å². The lowest BCUT2D eigenvalue weighted by molar-refractivity contribution is 0.240. The van der Waals surface area contributed by atoms with Gasteiger partial charge in [-0.1, -0.05) is 48.5 Å². The summed E-state index contributed by atoms with van der Waals surface area (Å²) in [6.45, 7) is 0.127. The molecule has 3 rings (SSSR count). The van der Waals surface area contributed by atoms with Crippen molar-refractivity contribution >= 4 is 22.1 Å². The summed E-state index contributed by atoms with van der Waals surface area (Å²) in [6, 6.07) is 19.1. The maximum atomic E-state index is 9.92. The van der Waals surface area contributed by atoms with Crippen LogP contribution in [0.2, 0.25) is 0 Å². The Morgan fingerprint density at radius 3 is 2.52 bits per heavy atom. The van der Waals surface area contributed by atoms with Crippen LogP contribution in [0.4, 0.5) is 0 Å². The highest BCUT2D eigenvalue weighted by Crippen LogP contribution is 2.34. The summed E-state index contributed by atoms with van der Waals surface area (Å²) in [7, 11) is 1.95. The van der Waals surface area contributed by atoms with Gasteiger partial charge in [0.25, 0.3) is 0 Å². The maximum absolute atomic E-state index is 9.92. The zero-order valence-electron chi connectivity index (χ0n) is 12.0. The zero-order chi connectivity index (χ0) is 14.7. The summed E-state index contributed by atoms with van der Waals surface area (Å²) < 4.78 is 0. The molecule has 3 aromatic rings. The fourth-order valence-corrected chi connectivity index (χ4v) is 3.75. The largest absolute Gasteiger partial charge is 0.396 e. The lowest BCUT2D eigenvalue weighted by atomic mass is 9.90. The van der Waals surface area contributed by atoms with Crippen molar-refractivity contribution in [2.75, 3.05) is 13.7 Å². The molecule has 0 bridgehead atoms. The number of benzene rings is 2.